The average Bonchev–Trinajstić information content (AvgIpc) is 2.47. The largest absolute Gasteiger partial charge is 0.465 e. The number of nitrogens with one attached hydrogen (secondary N) is 1. The molecule has 21 heavy (non-hydrogen) atoms. The molecular weight excluding hydrogens is 262 g/mol. The molecule has 0 aromatic heterocycles. The average molecular weight is 289 g/mol. The topological polar surface area (TPSA) is 38.3 Å². The molecule has 0 bridgehead atoms. The second kappa shape index (κ2) is 7.08. The maximum Gasteiger partial charge on any atom is 0.327 e. The Labute approximate surface area is 128 Å². The van der Waals surface area contributed by atoms with E-state index in [1.165, 1.54) is 12.8 Å². The molecule has 0 heterocycles. The zero-order chi connectivity index (χ0) is 15.3. The summed E-state index contributed by atoms with van der Waals surface area (Å²) in [4.78, 5) is 12.3. The summed E-state index contributed by atoms with van der Waals surface area (Å²) >= 11 is 0. The maximum absolute atomic E-state index is 12.3. The number of benzene rings is 1. The van der Waals surface area contributed by atoms with Gasteiger partial charge in [0.25, 0.3) is 0 Å². The molecule has 1 aliphatic carbocycles. The summed E-state index contributed by atoms with van der Waals surface area (Å²) in [5.74, 6) is -0.173. The van der Waals surface area contributed by atoms with E-state index in [9.17, 15) is 4.79 Å². The highest BCUT2D eigenvalue weighted by atomic mass is 16.5. The van der Waals surface area contributed by atoms with Crippen molar-refractivity contribution in [2.45, 2.75) is 58.5 Å². The van der Waals surface area contributed by atoms with E-state index in [1.54, 1.807) is 0 Å². The van der Waals surface area contributed by atoms with Crippen LogP contribution in [-0.2, 0) is 9.53 Å². The monoisotopic (exact) mass is 289 g/mol. The van der Waals surface area contributed by atoms with E-state index in [0.717, 1.165) is 18.4 Å². The predicted octanol–water partition coefficient (Wildman–Crippen LogP) is 3.85. The van der Waals surface area contributed by atoms with Crippen molar-refractivity contribution >= 4 is 5.97 Å². The molecule has 116 valence electrons. The van der Waals surface area contributed by atoms with Gasteiger partial charge in [0, 0.05) is 6.04 Å². The van der Waals surface area contributed by atoms with E-state index in [1.807, 2.05) is 37.3 Å². The molecule has 0 aliphatic heterocycles. The van der Waals surface area contributed by atoms with Crippen molar-refractivity contribution < 1.29 is 9.53 Å². The van der Waals surface area contributed by atoms with E-state index in [2.05, 4.69) is 19.2 Å². The summed E-state index contributed by atoms with van der Waals surface area (Å²) in [5, 5.41) is 3.52. The second-order valence-electron chi connectivity index (χ2n) is 6.70. The Bertz CT molecular complexity index is 446. The molecule has 2 rings (SSSR count). The van der Waals surface area contributed by atoms with Crippen molar-refractivity contribution in [1.82, 2.24) is 5.32 Å². The molecule has 0 saturated heterocycles. The molecule has 1 aliphatic rings. The van der Waals surface area contributed by atoms with Gasteiger partial charge < -0.3 is 4.74 Å². The normalized spacial score (nSPS) is 20.0. The Kier molecular flexibility index (Phi) is 5.40. The van der Waals surface area contributed by atoms with Crippen LogP contribution in [0.2, 0.25) is 0 Å². The summed E-state index contributed by atoms with van der Waals surface area (Å²) < 4.78 is 5.24. The number of ether oxygens (including phenoxy) is 1. The van der Waals surface area contributed by atoms with E-state index in [-0.39, 0.29) is 12.0 Å². The molecule has 1 unspecified atom stereocenters. The van der Waals surface area contributed by atoms with Crippen LogP contribution in [-0.4, -0.2) is 18.6 Å². The van der Waals surface area contributed by atoms with Gasteiger partial charge in [0.2, 0.25) is 0 Å². The van der Waals surface area contributed by atoms with Gasteiger partial charge in [-0.1, -0.05) is 44.2 Å². The molecule has 3 heteroatoms. The first-order valence-electron chi connectivity index (χ1n) is 7.99. The minimum absolute atomic E-state index is 0.173. The number of esters is 1. The Hall–Kier alpha value is -1.35. The van der Waals surface area contributed by atoms with Gasteiger partial charge >= 0.3 is 5.97 Å². The Balaban J connectivity index is 2.05. The molecular formula is C18H27NO2. The number of hydrogen-bond donors (Lipinski definition) is 1. The van der Waals surface area contributed by atoms with Crippen molar-refractivity contribution in [3.63, 3.8) is 0 Å². The first kappa shape index (κ1) is 16.0. The van der Waals surface area contributed by atoms with Gasteiger partial charge in [0.1, 0.15) is 6.04 Å². The first-order chi connectivity index (χ1) is 10.0. The summed E-state index contributed by atoms with van der Waals surface area (Å²) in [6.45, 7) is 6.91. The summed E-state index contributed by atoms with van der Waals surface area (Å²) in [6.07, 6.45) is 4.65. The molecule has 3 nitrogen and oxygen atoms in total. The molecule has 1 N–H and O–H groups in total. The molecule has 0 spiro atoms. The second-order valence-corrected chi connectivity index (χ2v) is 6.70. The maximum atomic E-state index is 12.3. The first-order valence-corrected chi connectivity index (χ1v) is 7.99. The summed E-state index contributed by atoms with van der Waals surface area (Å²) in [7, 11) is 0. The van der Waals surface area contributed by atoms with Crippen LogP contribution in [0.5, 0.6) is 0 Å². The van der Waals surface area contributed by atoms with Crippen LogP contribution >= 0.6 is 0 Å². The van der Waals surface area contributed by atoms with E-state index < -0.39 is 0 Å². The fraction of sp³-hybridized carbons (Fsp3) is 0.611. The van der Waals surface area contributed by atoms with Crippen molar-refractivity contribution in [1.29, 1.82) is 0 Å². The number of carbonyl (C=O) groups is 1. The molecule has 0 radical (unpaired) electrons. The van der Waals surface area contributed by atoms with Crippen LogP contribution in [0.25, 0.3) is 0 Å². The zero-order valence-electron chi connectivity index (χ0n) is 13.4. The van der Waals surface area contributed by atoms with Gasteiger partial charge in [-0.15, -0.1) is 0 Å². The van der Waals surface area contributed by atoms with Gasteiger partial charge in [-0.3, -0.25) is 5.32 Å². The van der Waals surface area contributed by atoms with Gasteiger partial charge in [0.05, 0.1) is 6.61 Å². The van der Waals surface area contributed by atoms with Gasteiger partial charge in [0.15, 0.2) is 0 Å². The summed E-state index contributed by atoms with van der Waals surface area (Å²) in [5.41, 5.74) is 1.42. The van der Waals surface area contributed by atoms with Crippen molar-refractivity contribution in [3.8, 4) is 0 Å². The summed E-state index contributed by atoms with van der Waals surface area (Å²) in [6, 6.07) is 9.92. The molecule has 1 saturated carbocycles. The SMILES string of the molecule is CCOC(=O)C(NC1CCC(C)(C)CC1)c1ccccc1. The third-order valence-corrected chi connectivity index (χ3v) is 4.40. The van der Waals surface area contributed by atoms with Gasteiger partial charge in [-0.05, 0) is 43.6 Å². The fourth-order valence-electron chi connectivity index (χ4n) is 2.97. The highest BCUT2D eigenvalue weighted by Gasteiger charge is 2.30. The molecule has 1 fully saturated rings. The quantitative estimate of drug-likeness (QED) is 0.837. The van der Waals surface area contributed by atoms with Crippen LogP contribution in [0.1, 0.15) is 58.1 Å². The van der Waals surface area contributed by atoms with Crippen LogP contribution in [0.4, 0.5) is 0 Å². The molecule has 1 aromatic rings. The Morgan fingerprint density at radius 1 is 1.29 bits per heavy atom. The van der Waals surface area contributed by atoms with Gasteiger partial charge in [-0.25, -0.2) is 4.79 Å². The Morgan fingerprint density at radius 3 is 2.48 bits per heavy atom. The minimum Gasteiger partial charge on any atom is -0.465 e. The van der Waals surface area contributed by atoms with E-state index in [0.29, 0.717) is 18.1 Å². The fourth-order valence-corrected chi connectivity index (χ4v) is 2.97. The molecule has 1 atom stereocenters. The van der Waals surface area contributed by atoms with Crippen molar-refractivity contribution in [2.75, 3.05) is 6.61 Å². The third kappa shape index (κ3) is 4.57. The minimum atomic E-state index is -0.350. The van der Waals surface area contributed by atoms with E-state index in [4.69, 9.17) is 4.74 Å². The van der Waals surface area contributed by atoms with Crippen molar-refractivity contribution in [3.05, 3.63) is 35.9 Å². The molecule has 1 aromatic carbocycles. The van der Waals surface area contributed by atoms with Crippen LogP contribution in [0, 0.1) is 5.41 Å². The van der Waals surface area contributed by atoms with E-state index >= 15 is 0 Å². The highest BCUT2D eigenvalue weighted by molar-refractivity contribution is 5.77. The smallest absolute Gasteiger partial charge is 0.327 e. The lowest BCUT2D eigenvalue weighted by atomic mass is 9.75. The Morgan fingerprint density at radius 2 is 1.90 bits per heavy atom. The lowest BCUT2D eigenvalue weighted by molar-refractivity contribution is -0.146. The number of carbonyl (C=O) groups excluding carboxylic acids is 1. The van der Waals surface area contributed by atoms with Gasteiger partial charge in [-0.2, -0.15) is 0 Å². The van der Waals surface area contributed by atoms with Crippen molar-refractivity contribution in [2.24, 2.45) is 5.41 Å². The molecule has 0 amide bonds. The number of hydrogen-bond acceptors (Lipinski definition) is 3. The van der Waals surface area contributed by atoms with Crippen LogP contribution in [0.15, 0.2) is 30.3 Å². The lowest BCUT2D eigenvalue weighted by Gasteiger charge is -2.36. The lowest BCUT2D eigenvalue weighted by Crippen LogP contribution is -2.41. The highest BCUT2D eigenvalue weighted by Crippen LogP contribution is 2.35. The van der Waals surface area contributed by atoms with Crippen LogP contribution < -0.4 is 5.32 Å². The predicted molar refractivity (Wildman–Crippen MR) is 85.0 cm³/mol. The van der Waals surface area contributed by atoms with Crippen LogP contribution in [0.3, 0.4) is 0 Å². The number of rotatable bonds is 5. The third-order valence-electron chi connectivity index (χ3n) is 4.40. The standard InChI is InChI=1S/C18H27NO2/c1-4-21-17(20)16(14-8-6-5-7-9-14)19-15-10-12-18(2,3)13-11-15/h5-9,15-16,19H,4,10-13H2,1-3H3. The zero-order valence-corrected chi connectivity index (χ0v) is 13.4.